The number of aliphatic hydroxyl groups excluding tert-OH is 1. The second kappa shape index (κ2) is 3.31. The first-order valence-corrected chi connectivity index (χ1v) is 3.18. The molecule has 0 spiro atoms. The maximum atomic E-state index is 9.03. The van der Waals surface area contributed by atoms with Gasteiger partial charge in [0.2, 0.25) is 5.89 Å². The van der Waals surface area contributed by atoms with E-state index in [1.807, 2.05) is 0 Å². The molecule has 0 amide bonds. The third-order valence-corrected chi connectivity index (χ3v) is 1.17. The van der Waals surface area contributed by atoms with Crippen LogP contribution in [0.4, 0.5) is 5.95 Å². The Balaban J connectivity index is 2.50. The predicted molar refractivity (Wildman–Crippen MR) is 37.5 cm³/mol. The smallest absolute Gasteiger partial charge is 0.260 e. The number of rotatable bonds is 3. The molecule has 0 saturated carbocycles. The van der Waals surface area contributed by atoms with Gasteiger partial charge in [0.05, 0.1) is 12.5 Å². The minimum Gasteiger partial charge on any atom is -0.391 e. The van der Waals surface area contributed by atoms with Crippen LogP contribution in [0.1, 0.15) is 5.89 Å². The van der Waals surface area contributed by atoms with E-state index in [0.717, 1.165) is 0 Å². The van der Waals surface area contributed by atoms with E-state index in [2.05, 4.69) is 14.7 Å². The first kappa shape index (κ1) is 7.96. The summed E-state index contributed by atoms with van der Waals surface area (Å²) in [6, 6.07) is 0. The third kappa shape index (κ3) is 2.17. The molecule has 0 aliphatic carbocycles. The van der Waals surface area contributed by atoms with Crippen molar-refractivity contribution in [1.29, 1.82) is 0 Å². The Morgan fingerprint density at radius 1 is 1.64 bits per heavy atom. The molecule has 1 unspecified atom stereocenters. The van der Waals surface area contributed by atoms with Crippen molar-refractivity contribution in [3.05, 3.63) is 5.89 Å². The SMILES string of the molecule is NCC(O)Cc1nc(N)no1. The van der Waals surface area contributed by atoms with Gasteiger partial charge in [-0.3, -0.25) is 0 Å². The number of nitrogen functional groups attached to an aromatic ring is 1. The van der Waals surface area contributed by atoms with Crippen molar-refractivity contribution >= 4 is 5.95 Å². The summed E-state index contributed by atoms with van der Waals surface area (Å²) in [5, 5.41) is 12.4. The molecule has 0 radical (unpaired) electrons. The fourth-order valence-corrected chi connectivity index (χ4v) is 0.636. The molecule has 1 aromatic rings. The zero-order valence-electron chi connectivity index (χ0n) is 5.90. The number of hydrogen-bond acceptors (Lipinski definition) is 6. The Morgan fingerprint density at radius 3 is 2.82 bits per heavy atom. The molecule has 6 heteroatoms. The van der Waals surface area contributed by atoms with Gasteiger partial charge in [0.15, 0.2) is 0 Å². The van der Waals surface area contributed by atoms with Gasteiger partial charge in [-0.05, 0) is 5.16 Å². The maximum Gasteiger partial charge on any atom is 0.260 e. The second-order valence-electron chi connectivity index (χ2n) is 2.14. The summed E-state index contributed by atoms with van der Waals surface area (Å²) >= 11 is 0. The highest BCUT2D eigenvalue weighted by atomic mass is 16.5. The Hall–Kier alpha value is -1.14. The lowest BCUT2D eigenvalue weighted by atomic mass is 10.2. The average molecular weight is 158 g/mol. The highest BCUT2D eigenvalue weighted by Gasteiger charge is 2.08. The van der Waals surface area contributed by atoms with E-state index in [1.165, 1.54) is 0 Å². The molecular formula is C5H10N4O2. The minimum absolute atomic E-state index is 0.0734. The summed E-state index contributed by atoms with van der Waals surface area (Å²) in [6.07, 6.45) is -0.393. The van der Waals surface area contributed by atoms with E-state index in [1.54, 1.807) is 0 Å². The van der Waals surface area contributed by atoms with Gasteiger partial charge < -0.3 is 21.1 Å². The van der Waals surface area contributed by atoms with Gasteiger partial charge in [-0.15, -0.1) is 0 Å². The van der Waals surface area contributed by atoms with Crippen LogP contribution in [0.2, 0.25) is 0 Å². The molecule has 1 atom stereocenters. The van der Waals surface area contributed by atoms with E-state index in [0.29, 0.717) is 5.89 Å². The van der Waals surface area contributed by atoms with Gasteiger partial charge in [-0.2, -0.15) is 4.98 Å². The number of nitrogens with zero attached hydrogens (tertiary/aromatic N) is 2. The van der Waals surface area contributed by atoms with Crippen LogP contribution in [0.15, 0.2) is 4.52 Å². The molecule has 0 aliphatic rings. The van der Waals surface area contributed by atoms with Crippen LogP contribution in [-0.4, -0.2) is 27.9 Å². The van der Waals surface area contributed by atoms with Gasteiger partial charge in [-0.25, -0.2) is 0 Å². The molecule has 1 rings (SSSR count). The van der Waals surface area contributed by atoms with Crippen LogP contribution in [-0.2, 0) is 6.42 Å². The third-order valence-electron chi connectivity index (χ3n) is 1.17. The zero-order chi connectivity index (χ0) is 8.27. The van der Waals surface area contributed by atoms with Crippen LogP contribution in [0.25, 0.3) is 0 Å². The van der Waals surface area contributed by atoms with Crippen molar-refractivity contribution in [3.8, 4) is 0 Å². The van der Waals surface area contributed by atoms with Crippen molar-refractivity contribution in [1.82, 2.24) is 10.1 Å². The first-order valence-electron chi connectivity index (χ1n) is 3.18. The highest BCUT2D eigenvalue weighted by Crippen LogP contribution is 2.00. The first-order chi connectivity index (χ1) is 5.22. The Bertz CT molecular complexity index is 224. The van der Waals surface area contributed by atoms with Crippen molar-refractivity contribution < 1.29 is 9.63 Å². The molecule has 6 nitrogen and oxygen atoms in total. The fourth-order valence-electron chi connectivity index (χ4n) is 0.636. The van der Waals surface area contributed by atoms with E-state index in [9.17, 15) is 0 Å². The number of aromatic nitrogens is 2. The molecule has 62 valence electrons. The van der Waals surface area contributed by atoms with Crippen molar-refractivity contribution in [2.75, 3.05) is 12.3 Å². The summed E-state index contributed by atoms with van der Waals surface area (Å²) < 4.78 is 4.64. The lowest BCUT2D eigenvalue weighted by Crippen LogP contribution is -2.22. The van der Waals surface area contributed by atoms with Gasteiger partial charge in [-0.1, -0.05) is 0 Å². The van der Waals surface area contributed by atoms with E-state index >= 15 is 0 Å². The zero-order valence-corrected chi connectivity index (χ0v) is 5.90. The largest absolute Gasteiger partial charge is 0.391 e. The number of hydrogen-bond donors (Lipinski definition) is 3. The molecule has 0 aromatic carbocycles. The van der Waals surface area contributed by atoms with Crippen molar-refractivity contribution in [2.45, 2.75) is 12.5 Å². The number of nitrogens with two attached hydrogens (primary N) is 2. The Labute approximate surface area is 63.2 Å². The van der Waals surface area contributed by atoms with Crippen molar-refractivity contribution in [2.24, 2.45) is 5.73 Å². The molecule has 1 aromatic heterocycles. The molecule has 0 bridgehead atoms. The standard InChI is InChI=1S/C5H10N4O2/c6-2-3(10)1-4-8-5(7)9-11-4/h3,10H,1-2,6H2,(H2,7,9). The summed E-state index contributed by atoms with van der Waals surface area (Å²) in [7, 11) is 0. The topological polar surface area (TPSA) is 111 Å². The summed E-state index contributed by atoms with van der Waals surface area (Å²) in [5.74, 6) is 0.379. The van der Waals surface area contributed by atoms with Crippen LogP contribution in [0.5, 0.6) is 0 Å². The lowest BCUT2D eigenvalue weighted by molar-refractivity contribution is 0.170. The predicted octanol–water partition coefficient (Wildman–Crippen LogP) is -1.49. The van der Waals surface area contributed by atoms with Gasteiger partial charge >= 0.3 is 0 Å². The molecule has 11 heavy (non-hydrogen) atoms. The average Bonchev–Trinajstić information content (AvgIpc) is 2.35. The maximum absolute atomic E-state index is 9.03. The van der Waals surface area contributed by atoms with Crippen LogP contribution < -0.4 is 11.5 Å². The normalized spacial score (nSPS) is 13.3. The second-order valence-corrected chi connectivity index (χ2v) is 2.14. The van der Waals surface area contributed by atoms with Crippen LogP contribution in [0.3, 0.4) is 0 Å². The summed E-state index contributed by atoms with van der Waals surface area (Å²) in [4.78, 5) is 3.68. The highest BCUT2D eigenvalue weighted by molar-refractivity contribution is 5.10. The molecule has 5 N–H and O–H groups in total. The number of aliphatic hydroxyl groups is 1. The fraction of sp³-hybridized carbons (Fsp3) is 0.600. The molecule has 0 aliphatic heterocycles. The molecule has 0 saturated heterocycles. The Kier molecular flexibility index (Phi) is 2.40. The quantitative estimate of drug-likeness (QED) is 0.494. The molecular weight excluding hydrogens is 148 g/mol. The monoisotopic (exact) mass is 158 g/mol. The molecule has 1 heterocycles. The Morgan fingerprint density at radius 2 is 2.36 bits per heavy atom. The van der Waals surface area contributed by atoms with E-state index < -0.39 is 6.10 Å². The van der Waals surface area contributed by atoms with E-state index in [4.69, 9.17) is 16.6 Å². The summed E-state index contributed by atoms with van der Waals surface area (Å²) in [6.45, 7) is 0.169. The van der Waals surface area contributed by atoms with Crippen LogP contribution >= 0.6 is 0 Å². The van der Waals surface area contributed by atoms with Gasteiger partial charge in [0.1, 0.15) is 0 Å². The number of anilines is 1. The lowest BCUT2D eigenvalue weighted by Gasteiger charge is -2.00. The van der Waals surface area contributed by atoms with Gasteiger partial charge in [0.25, 0.3) is 5.95 Å². The van der Waals surface area contributed by atoms with E-state index in [-0.39, 0.29) is 18.9 Å². The summed E-state index contributed by atoms with van der Waals surface area (Å²) in [5.41, 5.74) is 10.3. The van der Waals surface area contributed by atoms with Crippen LogP contribution in [0, 0.1) is 0 Å². The molecule has 0 fully saturated rings. The van der Waals surface area contributed by atoms with Crippen molar-refractivity contribution in [3.63, 3.8) is 0 Å². The van der Waals surface area contributed by atoms with Gasteiger partial charge in [0, 0.05) is 6.54 Å². The minimum atomic E-state index is -0.644.